The highest BCUT2D eigenvalue weighted by Gasteiger charge is 2.47. The first-order chi connectivity index (χ1) is 4.45. The summed E-state index contributed by atoms with van der Waals surface area (Å²) in [6.45, 7) is 8.62. The highest BCUT2D eigenvalue weighted by molar-refractivity contribution is 5.88. The molecule has 1 nitrogen and oxygen atoms in total. The smallest absolute Gasteiger partial charge is 0.137 e. The van der Waals surface area contributed by atoms with Gasteiger partial charge in [-0.3, -0.25) is 4.79 Å². The molecule has 1 heteroatoms. The van der Waals surface area contributed by atoms with Crippen LogP contribution in [0.15, 0.2) is 0 Å². The van der Waals surface area contributed by atoms with Crippen LogP contribution in [0.1, 0.15) is 34.1 Å². The Bertz CT molecular complexity index is 156. The van der Waals surface area contributed by atoms with Gasteiger partial charge >= 0.3 is 0 Å². The number of ketones is 1. The summed E-state index contributed by atoms with van der Waals surface area (Å²) in [5.74, 6) is 1.31. The van der Waals surface area contributed by atoms with Gasteiger partial charge in [0.1, 0.15) is 5.78 Å². The minimum absolute atomic E-state index is 0.283. The Morgan fingerprint density at radius 2 is 2.00 bits per heavy atom. The van der Waals surface area contributed by atoms with Gasteiger partial charge in [-0.25, -0.2) is 0 Å². The molecule has 1 atom stereocenters. The lowest BCUT2D eigenvalue weighted by Gasteiger charge is -2.45. The van der Waals surface area contributed by atoms with Crippen LogP contribution in [0.4, 0.5) is 0 Å². The van der Waals surface area contributed by atoms with Crippen molar-refractivity contribution in [1.82, 2.24) is 0 Å². The minimum atomic E-state index is 0.283. The van der Waals surface area contributed by atoms with E-state index in [4.69, 9.17) is 0 Å². The second-order valence-corrected chi connectivity index (χ2v) is 4.35. The molecule has 0 aliphatic heterocycles. The van der Waals surface area contributed by atoms with Gasteiger partial charge in [-0.1, -0.05) is 27.7 Å². The summed E-state index contributed by atoms with van der Waals surface area (Å²) in [5.41, 5.74) is 0.283. The standard InChI is InChI=1S/C9H16O/c1-6(2)8-7(10)5-9(8,3)4/h6,8H,5H2,1-4H3. The van der Waals surface area contributed by atoms with Gasteiger partial charge in [0, 0.05) is 12.3 Å². The predicted octanol–water partition coefficient (Wildman–Crippen LogP) is 2.26. The molecule has 0 amide bonds. The number of carbonyl (C=O) groups excluding carboxylic acids is 1. The van der Waals surface area contributed by atoms with Gasteiger partial charge in [-0.15, -0.1) is 0 Å². The Balaban J connectivity index is 2.66. The Hall–Kier alpha value is -0.330. The lowest BCUT2D eigenvalue weighted by molar-refractivity contribution is -0.143. The van der Waals surface area contributed by atoms with Gasteiger partial charge in [0.15, 0.2) is 0 Å². The molecule has 0 aromatic carbocycles. The van der Waals surface area contributed by atoms with E-state index in [2.05, 4.69) is 27.7 Å². The van der Waals surface area contributed by atoms with E-state index in [0.717, 1.165) is 6.42 Å². The number of hydrogen-bond acceptors (Lipinski definition) is 1. The summed E-state index contributed by atoms with van der Waals surface area (Å²) in [5, 5.41) is 0. The molecular formula is C9H16O. The first-order valence-corrected chi connectivity index (χ1v) is 3.98. The summed E-state index contributed by atoms with van der Waals surface area (Å²) in [7, 11) is 0. The first kappa shape index (κ1) is 7.77. The lowest BCUT2D eigenvalue weighted by atomic mass is 9.57. The normalized spacial score (nSPS) is 30.5. The van der Waals surface area contributed by atoms with E-state index in [-0.39, 0.29) is 5.41 Å². The molecule has 10 heavy (non-hydrogen) atoms. The fraction of sp³-hybridized carbons (Fsp3) is 0.889. The van der Waals surface area contributed by atoms with Crippen molar-refractivity contribution >= 4 is 5.78 Å². The zero-order valence-corrected chi connectivity index (χ0v) is 7.27. The summed E-state index contributed by atoms with van der Waals surface area (Å²) in [6, 6.07) is 0. The van der Waals surface area contributed by atoms with Crippen molar-refractivity contribution in [3.05, 3.63) is 0 Å². The third kappa shape index (κ3) is 0.979. The molecule has 1 aliphatic rings. The molecule has 1 saturated carbocycles. The van der Waals surface area contributed by atoms with Gasteiger partial charge in [0.2, 0.25) is 0 Å². The molecule has 0 saturated heterocycles. The second kappa shape index (κ2) is 2.08. The number of carbonyl (C=O) groups is 1. The second-order valence-electron chi connectivity index (χ2n) is 4.35. The SMILES string of the molecule is CC(C)C1C(=O)CC1(C)C. The number of Topliss-reactive ketones (excluding diaryl/α,β-unsaturated/α-hetero) is 1. The fourth-order valence-electron chi connectivity index (χ4n) is 2.25. The van der Waals surface area contributed by atoms with Crippen LogP contribution < -0.4 is 0 Å². The molecule has 0 aromatic rings. The van der Waals surface area contributed by atoms with Crippen LogP contribution >= 0.6 is 0 Å². The molecule has 0 heterocycles. The van der Waals surface area contributed by atoms with Crippen LogP contribution in [-0.4, -0.2) is 5.78 Å². The molecule has 1 rings (SSSR count). The van der Waals surface area contributed by atoms with Crippen LogP contribution in [-0.2, 0) is 4.79 Å². The van der Waals surface area contributed by atoms with E-state index in [1.54, 1.807) is 0 Å². The lowest BCUT2D eigenvalue weighted by Crippen LogP contribution is -2.47. The molecule has 1 unspecified atom stereocenters. The maximum Gasteiger partial charge on any atom is 0.137 e. The molecule has 0 bridgehead atoms. The van der Waals surface area contributed by atoms with Gasteiger partial charge in [-0.2, -0.15) is 0 Å². The molecule has 58 valence electrons. The topological polar surface area (TPSA) is 17.1 Å². The first-order valence-electron chi connectivity index (χ1n) is 3.98. The van der Waals surface area contributed by atoms with Crippen molar-refractivity contribution in [2.24, 2.45) is 17.3 Å². The largest absolute Gasteiger partial charge is 0.299 e. The third-order valence-electron chi connectivity index (χ3n) is 2.49. The van der Waals surface area contributed by atoms with Crippen molar-refractivity contribution < 1.29 is 4.79 Å². The van der Waals surface area contributed by atoms with Gasteiger partial charge in [-0.05, 0) is 11.3 Å². The van der Waals surface area contributed by atoms with Crippen LogP contribution in [0, 0.1) is 17.3 Å². The quantitative estimate of drug-likeness (QED) is 0.546. The molecular weight excluding hydrogens is 124 g/mol. The maximum absolute atomic E-state index is 11.1. The maximum atomic E-state index is 11.1. The highest BCUT2D eigenvalue weighted by Crippen LogP contribution is 2.46. The van der Waals surface area contributed by atoms with Crippen molar-refractivity contribution in [3.63, 3.8) is 0 Å². The van der Waals surface area contributed by atoms with Crippen molar-refractivity contribution in [2.75, 3.05) is 0 Å². The molecule has 0 aromatic heterocycles. The number of hydrogen-bond donors (Lipinski definition) is 0. The van der Waals surface area contributed by atoms with Crippen molar-refractivity contribution in [1.29, 1.82) is 0 Å². The third-order valence-corrected chi connectivity index (χ3v) is 2.49. The Kier molecular flexibility index (Phi) is 1.61. The monoisotopic (exact) mass is 140 g/mol. The number of rotatable bonds is 1. The van der Waals surface area contributed by atoms with Crippen LogP contribution in [0.3, 0.4) is 0 Å². The van der Waals surface area contributed by atoms with Crippen LogP contribution in [0.5, 0.6) is 0 Å². The van der Waals surface area contributed by atoms with E-state index in [1.165, 1.54) is 0 Å². The van der Waals surface area contributed by atoms with Crippen molar-refractivity contribution in [2.45, 2.75) is 34.1 Å². The molecule has 0 spiro atoms. The summed E-state index contributed by atoms with van der Waals surface area (Å²) >= 11 is 0. The minimum Gasteiger partial charge on any atom is -0.299 e. The average molecular weight is 140 g/mol. The Morgan fingerprint density at radius 1 is 1.50 bits per heavy atom. The summed E-state index contributed by atoms with van der Waals surface area (Å²) < 4.78 is 0. The zero-order valence-electron chi connectivity index (χ0n) is 7.27. The molecule has 0 N–H and O–H groups in total. The summed E-state index contributed by atoms with van der Waals surface area (Å²) in [4.78, 5) is 11.1. The van der Waals surface area contributed by atoms with E-state index in [9.17, 15) is 4.79 Å². The fourth-order valence-corrected chi connectivity index (χ4v) is 2.25. The Labute approximate surface area is 62.8 Å². The molecule has 1 fully saturated rings. The zero-order chi connectivity index (χ0) is 7.94. The van der Waals surface area contributed by atoms with Crippen molar-refractivity contribution in [3.8, 4) is 0 Å². The van der Waals surface area contributed by atoms with Gasteiger partial charge < -0.3 is 0 Å². The van der Waals surface area contributed by atoms with Gasteiger partial charge in [0.05, 0.1) is 0 Å². The van der Waals surface area contributed by atoms with Crippen LogP contribution in [0.2, 0.25) is 0 Å². The highest BCUT2D eigenvalue weighted by atomic mass is 16.1. The average Bonchev–Trinajstić information content (AvgIpc) is 1.58. The summed E-state index contributed by atoms with van der Waals surface area (Å²) in [6.07, 6.45) is 0.788. The Morgan fingerprint density at radius 3 is 2.10 bits per heavy atom. The van der Waals surface area contributed by atoms with Crippen LogP contribution in [0.25, 0.3) is 0 Å². The van der Waals surface area contributed by atoms with E-state index >= 15 is 0 Å². The predicted molar refractivity (Wildman–Crippen MR) is 41.7 cm³/mol. The van der Waals surface area contributed by atoms with E-state index in [1.807, 2.05) is 0 Å². The molecule has 0 radical (unpaired) electrons. The van der Waals surface area contributed by atoms with Gasteiger partial charge in [0.25, 0.3) is 0 Å². The van der Waals surface area contributed by atoms with E-state index in [0.29, 0.717) is 17.6 Å². The molecule has 1 aliphatic carbocycles. The van der Waals surface area contributed by atoms with E-state index < -0.39 is 0 Å².